The molecule has 0 amide bonds. The highest BCUT2D eigenvalue weighted by molar-refractivity contribution is 8.01. The van der Waals surface area contributed by atoms with Crippen LogP contribution >= 0.6 is 11.8 Å². The van der Waals surface area contributed by atoms with Gasteiger partial charge in [-0.15, -0.1) is 0 Å². The van der Waals surface area contributed by atoms with Gasteiger partial charge < -0.3 is 4.74 Å². The second kappa shape index (κ2) is 4.88. The van der Waals surface area contributed by atoms with Crippen LogP contribution in [0, 0.1) is 5.92 Å². The number of fused-ring (bicyclic) bond motifs is 1. The van der Waals surface area contributed by atoms with Gasteiger partial charge >= 0.3 is 5.97 Å². The largest absolute Gasteiger partial charge is 0.469 e. The van der Waals surface area contributed by atoms with Gasteiger partial charge in [0.2, 0.25) is 0 Å². The van der Waals surface area contributed by atoms with E-state index >= 15 is 0 Å². The Labute approximate surface area is 121 Å². The molecule has 0 saturated carbocycles. The Hall–Kier alpha value is -1.36. The third-order valence-electron chi connectivity index (χ3n) is 4.35. The summed E-state index contributed by atoms with van der Waals surface area (Å²) in [7, 11) is 1.37. The lowest BCUT2D eigenvalue weighted by Crippen LogP contribution is -2.41. The quantitative estimate of drug-likeness (QED) is 0.545. The summed E-state index contributed by atoms with van der Waals surface area (Å²) in [4.78, 5) is 36.3. The number of carbonyl (C=O) groups excluding carboxylic acids is 3. The standard InChI is InChI=1S/C15H16O4S/c1-19-14(18)9-7-10-11(16)3-4-12(17)13(10)15(8-9)5-2-6-20-15/h3-4,9H,2,5-8H2,1H3. The molecule has 106 valence electrons. The fraction of sp³-hybridized carbons (Fsp3) is 0.533. The number of ketones is 2. The lowest BCUT2D eigenvalue weighted by atomic mass is 9.70. The maximum Gasteiger partial charge on any atom is 0.309 e. The van der Waals surface area contributed by atoms with Gasteiger partial charge in [-0.3, -0.25) is 14.4 Å². The maximum absolute atomic E-state index is 12.3. The number of rotatable bonds is 1. The van der Waals surface area contributed by atoms with Crippen LogP contribution in [0.3, 0.4) is 0 Å². The second-order valence-electron chi connectivity index (χ2n) is 5.49. The van der Waals surface area contributed by atoms with Crippen LogP contribution in [0.25, 0.3) is 0 Å². The van der Waals surface area contributed by atoms with E-state index in [1.54, 1.807) is 11.8 Å². The number of methoxy groups -OCH3 is 1. The smallest absolute Gasteiger partial charge is 0.309 e. The van der Waals surface area contributed by atoms with E-state index in [4.69, 9.17) is 4.74 Å². The van der Waals surface area contributed by atoms with Crippen molar-refractivity contribution in [2.75, 3.05) is 12.9 Å². The van der Waals surface area contributed by atoms with Gasteiger partial charge in [-0.1, -0.05) is 0 Å². The van der Waals surface area contributed by atoms with E-state index in [2.05, 4.69) is 0 Å². The van der Waals surface area contributed by atoms with Crippen molar-refractivity contribution in [3.8, 4) is 0 Å². The fourth-order valence-electron chi connectivity index (χ4n) is 3.52. The van der Waals surface area contributed by atoms with Gasteiger partial charge in [0.05, 0.1) is 13.0 Å². The lowest BCUT2D eigenvalue weighted by molar-refractivity contribution is -0.146. The van der Waals surface area contributed by atoms with Gasteiger partial charge in [-0.25, -0.2) is 0 Å². The predicted molar refractivity (Wildman–Crippen MR) is 75.3 cm³/mol. The molecule has 4 nitrogen and oxygen atoms in total. The molecule has 0 aromatic heterocycles. The topological polar surface area (TPSA) is 60.4 Å². The van der Waals surface area contributed by atoms with Crippen molar-refractivity contribution >= 4 is 29.3 Å². The molecule has 2 aliphatic carbocycles. The van der Waals surface area contributed by atoms with E-state index in [0.29, 0.717) is 24.0 Å². The van der Waals surface area contributed by atoms with E-state index in [-0.39, 0.29) is 28.2 Å². The molecule has 0 aromatic carbocycles. The van der Waals surface area contributed by atoms with Crippen molar-refractivity contribution < 1.29 is 19.1 Å². The first-order valence-corrected chi connectivity index (χ1v) is 7.78. The first kappa shape index (κ1) is 13.6. The van der Waals surface area contributed by atoms with E-state index in [9.17, 15) is 14.4 Å². The Morgan fingerprint density at radius 1 is 1.35 bits per heavy atom. The highest BCUT2D eigenvalue weighted by Gasteiger charge is 2.50. The third-order valence-corrected chi connectivity index (χ3v) is 5.97. The third kappa shape index (κ3) is 1.95. The Kier molecular flexibility index (Phi) is 3.32. The van der Waals surface area contributed by atoms with E-state index < -0.39 is 0 Å². The molecule has 1 saturated heterocycles. The summed E-state index contributed by atoms with van der Waals surface area (Å²) in [6.07, 6.45) is 5.51. The SMILES string of the molecule is COC(=O)C1CC2=C(C(=O)C=CC2=O)C2(CCCS2)C1. The van der Waals surface area contributed by atoms with Crippen LogP contribution in [-0.2, 0) is 19.1 Å². The number of carbonyl (C=O) groups is 3. The summed E-state index contributed by atoms with van der Waals surface area (Å²) < 4.78 is 4.49. The molecule has 0 N–H and O–H groups in total. The first-order valence-electron chi connectivity index (χ1n) is 6.79. The molecule has 1 aliphatic heterocycles. The van der Waals surface area contributed by atoms with Crippen LogP contribution in [0.15, 0.2) is 23.3 Å². The molecule has 0 aromatic rings. The molecule has 0 bridgehead atoms. The van der Waals surface area contributed by atoms with Gasteiger partial charge in [0.1, 0.15) is 0 Å². The molecule has 0 radical (unpaired) electrons. The summed E-state index contributed by atoms with van der Waals surface area (Å²) in [6.45, 7) is 0. The van der Waals surface area contributed by atoms with Crippen molar-refractivity contribution in [3.63, 3.8) is 0 Å². The molecule has 1 heterocycles. The molecule has 5 heteroatoms. The van der Waals surface area contributed by atoms with Crippen LogP contribution in [0.1, 0.15) is 25.7 Å². The lowest BCUT2D eigenvalue weighted by Gasteiger charge is -2.39. The highest BCUT2D eigenvalue weighted by Crippen LogP contribution is 2.54. The number of allylic oxidation sites excluding steroid dienone is 3. The van der Waals surface area contributed by atoms with Crippen molar-refractivity contribution in [2.24, 2.45) is 5.92 Å². The number of hydrogen-bond acceptors (Lipinski definition) is 5. The minimum absolute atomic E-state index is 0.0580. The van der Waals surface area contributed by atoms with Crippen LogP contribution in [0.5, 0.6) is 0 Å². The Bertz CT molecular complexity index is 552. The molecule has 1 fully saturated rings. The zero-order valence-electron chi connectivity index (χ0n) is 11.3. The molecule has 1 spiro atoms. The molecular formula is C15H16O4S. The Balaban J connectivity index is 2.08. The minimum Gasteiger partial charge on any atom is -0.469 e. The predicted octanol–water partition coefficient (Wildman–Crippen LogP) is 1.84. The maximum atomic E-state index is 12.3. The number of thioether (sulfide) groups is 1. The number of hydrogen-bond donors (Lipinski definition) is 0. The average Bonchev–Trinajstić information content (AvgIpc) is 2.90. The zero-order valence-corrected chi connectivity index (χ0v) is 12.1. The van der Waals surface area contributed by atoms with E-state index in [1.165, 1.54) is 19.3 Å². The molecule has 3 aliphatic rings. The van der Waals surface area contributed by atoms with E-state index in [0.717, 1.165) is 18.6 Å². The van der Waals surface area contributed by atoms with Gasteiger partial charge in [0, 0.05) is 15.9 Å². The molecule has 2 atom stereocenters. The minimum atomic E-state index is -0.357. The molecular weight excluding hydrogens is 276 g/mol. The summed E-state index contributed by atoms with van der Waals surface area (Å²) in [6, 6.07) is 0. The van der Waals surface area contributed by atoms with Crippen molar-refractivity contribution in [1.82, 2.24) is 0 Å². The average molecular weight is 292 g/mol. The summed E-state index contributed by atoms with van der Waals surface area (Å²) in [5.41, 5.74) is 1.20. The summed E-state index contributed by atoms with van der Waals surface area (Å²) >= 11 is 1.72. The number of esters is 1. The van der Waals surface area contributed by atoms with Gasteiger partial charge in [0.25, 0.3) is 0 Å². The number of ether oxygens (including phenoxy) is 1. The summed E-state index contributed by atoms with van der Waals surface area (Å²) in [5.74, 6) is 0.193. The van der Waals surface area contributed by atoms with Gasteiger partial charge in [-0.2, -0.15) is 11.8 Å². The van der Waals surface area contributed by atoms with Crippen LogP contribution in [-0.4, -0.2) is 35.1 Å². The molecule has 3 rings (SSSR count). The van der Waals surface area contributed by atoms with Crippen molar-refractivity contribution in [3.05, 3.63) is 23.3 Å². The van der Waals surface area contributed by atoms with Crippen LogP contribution < -0.4 is 0 Å². The van der Waals surface area contributed by atoms with Crippen molar-refractivity contribution in [1.29, 1.82) is 0 Å². The Morgan fingerprint density at radius 3 is 2.75 bits per heavy atom. The second-order valence-corrected chi connectivity index (χ2v) is 6.97. The fourth-order valence-corrected chi connectivity index (χ4v) is 5.17. The van der Waals surface area contributed by atoms with Gasteiger partial charge in [-0.05, 0) is 43.6 Å². The molecule has 2 unspecified atom stereocenters. The van der Waals surface area contributed by atoms with Crippen LogP contribution in [0.2, 0.25) is 0 Å². The molecule has 20 heavy (non-hydrogen) atoms. The zero-order chi connectivity index (χ0) is 14.3. The monoisotopic (exact) mass is 292 g/mol. The van der Waals surface area contributed by atoms with E-state index in [1.807, 2.05) is 0 Å². The normalized spacial score (nSPS) is 32.8. The highest BCUT2D eigenvalue weighted by atomic mass is 32.2. The first-order chi connectivity index (χ1) is 9.57. The van der Waals surface area contributed by atoms with Gasteiger partial charge in [0.15, 0.2) is 11.6 Å². The van der Waals surface area contributed by atoms with Crippen LogP contribution in [0.4, 0.5) is 0 Å². The van der Waals surface area contributed by atoms with Crippen molar-refractivity contribution in [2.45, 2.75) is 30.4 Å². The Morgan fingerprint density at radius 2 is 2.10 bits per heavy atom. The summed E-state index contributed by atoms with van der Waals surface area (Å²) in [5, 5.41) is 0.